The van der Waals surface area contributed by atoms with Crippen LogP contribution in [0.15, 0.2) is 24.3 Å². The molecule has 1 aromatic carbocycles. The molecule has 0 spiro atoms. The standard InChI is InChI=1S/C17H26N2O5/c1-2-3-12-23-15-10-8-14(9-11-15)17(21)19-24-13-6-4-5-7-16(20)18-22/h8-11,22H,2-7,12-13H2,1H3,(H,18,20)(H,19,21). The normalized spacial score (nSPS) is 10.2. The number of benzene rings is 1. The van der Waals surface area contributed by atoms with E-state index in [9.17, 15) is 9.59 Å². The van der Waals surface area contributed by atoms with Crippen LogP contribution in [0.25, 0.3) is 0 Å². The van der Waals surface area contributed by atoms with Crippen molar-refractivity contribution in [3.05, 3.63) is 29.8 Å². The second kappa shape index (κ2) is 12.3. The van der Waals surface area contributed by atoms with Gasteiger partial charge in [0.1, 0.15) is 5.75 Å². The van der Waals surface area contributed by atoms with Crippen molar-refractivity contribution in [3.8, 4) is 5.75 Å². The van der Waals surface area contributed by atoms with Gasteiger partial charge in [-0.15, -0.1) is 0 Å². The van der Waals surface area contributed by atoms with Crippen LogP contribution in [0, 0.1) is 0 Å². The molecule has 2 amide bonds. The van der Waals surface area contributed by atoms with Crippen LogP contribution < -0.4 is 15.7 Å². The highest BCUT2D eigenvalue weighted by Gasteiger charge is 2.05. The SMILES string of the molecule is CCCCOc1ccc(C(=O)NOCCCCCC(=O)NO)cc1. The zero-order chi connectivity index (χ0) is 17.6. The molecular weight excluding hydrogens is 312 g/mol. The molecule has 3 N–H and O–H groups in total. The lowest BCUT2D eigenvalue weighted by atomic mass is 10.2. The maximum absolute atomic E-state index is 11.9. The summed E-state index contributed by atoms with van der Waals surface area (Å²) in [5.41, 5.74) is 4.46. The number of carbonyl (C=O) groups excluding carboxylic acids is 2. The highest BCUT2D eigenvalue weighted by atomic mass is 16.6. The molecule has 1 rings (SSSR count). The summed E-state index contributed by atoms with van der Waals surface area (Å²) in [5, 5.41) is 8.34. The van der Waals surface area contributed by atoms with Gasteiger partial charge in [0, 0.05) is 12.0 Å². The van der Waals surface area contributed by atoms with Crippen molar-refractivity contribution in [3.63, 3.8) is 0 Å². The molecule has 0 saturated carbocycles. The number of unbranched alkanes of at least 4 members (excludes halogenated alkanes) is 3. The van der Waals surface area contributed by atoms with E-state index in [1.165, 1.54) is 0 Å². The Morgan fingerprint density at radius 3 is 2.46 bits per heavy atom. The maximum Gasteiger partial charge on any atom is 0.274 e. The fourth-order valence-corrected chi connectivity index (χ4v) is 1.90. The summed E-state index contributed by atoms with van der Waals surface area (Å²) in [6.07, 6.45) is 4.49. The van der Waals surface area contributed by atoms with Gasteiger partial charge in [-0.25, -0.2) is 11.0 Å². The van der Waals surface area contributed by atoms with Crippen LogP contribution >= 0.6 is 0 Å². The minimum atomic E-state index is -0.397. The van der Waals surface area contributed by atoms with Gasteiger partial charge >= 0.3 is 0 Å². The summed E-state index contributed by atoms with van der Waals surface area (Å²) in [6, 6.07) is 6.90. The van der Waals surface area contributed by atoms with Crippen LogP contribution in [0.3, 0.4) is 0 Å². The molecule has 0 bridgehead atoms. The predicted octanol–water partition coefficient (Wildman–Crippen LogP) is 2.59. The second-order valence-electron chi connectivity index (χ2n) is 5.35. The third-order valence-corrected chi connectivity index (χ3v) is 3.32. The molecule has 0 fully saturated rings. The van der Waals surface area contributed by atoms with E-state index in [0.29, 0.717) is 31.6 Å². The Bertz CT molecular complexity index is 490. The Labute approximate surface area is 142 Å². The van der Waals surface area contributed by atoms with Gasteiger partial charge in [0.05, 0.1) is 13.2 Å². The van der Waals surface area contributed by atoms with Gasteiger partial charge in [-0.1, -0.05) is 19.8 Å². The van der Waals surface area contributed by atoms with Crippen molar-refractivity contribution in [1.29, 1.82) is 0 Å². The number of amides is 2. The molecular formula is C17H26N2O5. The summed E-state index contributed by atoms with van der Waals surface area (Å²) < 4.78 is 5.54. The van der Waals surface area contributed by atoms with Gasteiger partial charge in [0.2, 0.25) is 5.91 Å². The molecule has 134 valence electrons. The molecule has 7 heteroatoms. The lowest BCUT2D eigenvalue weighted by molar-refractivity contribution is -0.129. The van der Waals surface area contributed by atoms with E-state index in [2.05, 4.69) is 12.4 Å². The highest BCUT2D eigenvalue weighted by molar-refractivity contribution is 5.93. The summed E-state index contributed by atoms with van der Waals surface area (Å²) in [5.74, 6) is 0.0361. The smallest absolute Gasteiger partial charge is 0.274 e. The van der Waals surface area contributed by atoms with E-state index in [1.54, 1.807) is 29.7 Å². The number of rotatable bonds is 12. The first-order valence-corrected chi connectivity index (χ1v) is 8.25. The van der Waals surface area contributed by atoms with E-state index in [0.717, 1.165) is 25.0 Å². The minimum Gasteiger partial charge on any atom is -0.494 e. The van der Waals surface area contributed by atoms with Crippen molar-refractivity contribution in [2.24, 2.45) is 0 Å². The molecule has 0 saturated heterocycles. The first-order valence-electron chi connectivity index (χ1n) is 8.25. The highest BCUT2D eigenvalue weighted by Crippen LogP contribution is 2.12. The van der Waals surface area contributed by atoms with E-state index < -0.39 is 5.91 Å². The van der Waals surface area contributed by atoms with E-state index in [4.69, 9.17) is 14.8 Å². The molecule has 0 aliphatic heterocycles. The van der Waals surface area contributed by atoms with Crippen LogP contribution in [0.1, 0.15) is 55.8 Å². The van der Waals surface area contributed by atoms with E-state index >= 15 is 0 Å². The number of carbonyl (C=O) groups is 2. The molecule has 0 unspecified atom stereocenters. The van der Waals surface area contributed by atoms with Crippen molar-refractivity contribution >= 4 is 11.8 Å². The van der Waals surface area contributed by atoms with Crippen molar-refractivity contribution in [2.45, 2.75) is 45.4 Å². The first-order chi connectivity index (χ1) is 11.7. The largest absolute Gasteiger partial charge is 0.494 e. The van der Waals surface area contributed by atoms with E-state index in [-0.39, 0.29) is 12.3 Å². The van der Waals surface area contributed by atoms with Gasteiger partial charge in [-0.3, -0.25) is 19.6 Å². The van der Waals surface area contributed by atoms with Crippen molar-refractivity contribution < 1.29 is 24.4 Å². The number of hydrogen-bond donors (Lipinski definition) is 3. The van der Waals surface area contributed by atoms with Crippen LogP contribution in [0.5, 0.6) is 5.75 Å². The number of nitrogens with one attached hydrogen (secondary N) is 2. The Morgan fingerprint density at radius 2 is 1.79 bits per heavy atom. The van der Waals surface area contributed by atoms with E-state index in [1.807, 2.05) is 0 Å². The molecule has 0 aliphatic carbocycles. The van der Waals surface area contributed by atoms with Gasteiger partial charge < -0.3 is 4.74 Å². The van der Waals surface area contributed by atoms with Gasteiger partial charge in [-0.2, -0.15) is 0 Å². The van der Waals surface area contributed by atoms with Gasteiger partial charge in [-0.05, 0) is 43.5 Å². The zero-order valence-electron chi connectivity index (χ0n) is 14.0. The van der Waals surface area contributed by atoms with Crippen molar-refractivity contribution in [2.75, 3.05) is 13.2 Å². The first kappa shape index (κ1) is 19.9. The number of ether oxygens (including phenoxy) is 1. The molecule has 0 atom stereocenters. The summed E-state index contributed by atoms with van der Waals surface area (Å²) in [4.78, 5) is 27.8. The van der Waals surface area contributed by atoms with Crippen LogP contribution in [0.2, 0.25) is 0 Å². The fraction of sp³-hybridized carbons (Fsp3) is 0.529. The predicted molar refractivity (Wildman–Crippen MR) is 88.7 cm³/mol. The molecule has 7 nitrogen and oxygen atoms in total. The van der Waals surface area contributed by atoms with Crippen LogP contribution in [-0.4, -0.2) is 30.2 Å². The molecule has 0 heterocycles. The van der Waals surface area contributed by atoms with Crippen LogP contribution in [-0.2, 0) is 9.63 Å². The lowest BCUT2D eigenvalue weighted by Gasteiger charge is -2.08. The monoisotopic (exact) mass is 338 g/mol. The number of hydroxylamine groups is 2. The Kier molecular flexibility index (Phi) is 10.2. The topological polar surface area (TPSA) is 96.9 Å². The minimum absolute atomic E-state index is 0.273. The fourth-order valence-electron chi connectivity index (χ4n) is 1.90. The van der Waals surface area contributed by atoms with Gasteiger partial charge in [0.15, 0.2) is 0 Å². The summed E-state index contributed by atoms with van der Waals surface area (Å²) in [6.45, 7) is 3.14. The van der Waals surface area contributed by atoms with Gasteiger partial charge in [0.25, 0.3) is 5.91 Å². The quantitative estimate of drug-likeness (QED) is 0.309. The Morgan fingerprint density at radius 1 is 1.04 bits per heavy atom. The Hall–Kier alpha value is -2.12. The lowest BCUT2D eigenvalue weighted by Crippen LogP contribution is -2.24. The molecule has 0 radical (unpaired) electrons. The zero-order valence-corrected chi connectivity index (χ0v) is 14.0. The average molecular weight is 338 g/mol. The maximum atomic E-state index is 11.9. The molecule has 1 aromatic rings. The second-order valence-corrected chi connectivity index (χ2v) is 5.35. The summed E-state index contributed by atoms with van der Waals surface area (Å²) in [7, 11) is 0. The molecule has 0 aliphatic rings. The Balaban J connectivity index is 2.15. The average Bonchev–Trinajstić information content (AvgIpc) is 2.61. The molecule has 0 aromatic heterocycles. The summed E-state index contributed by atoms with van der Waals surface area (Å²) >= 11 is 0. The third kappa shape index (κ3) is 8.50. The third-order valence-electron chi connectivity index (χ3n) is 3.32. The van der Waals surface area contributed by atoms with Crippen LogP contribution in [0.4, 0.5) is 0 Å². The number of hydrogen-bond acceptors (Lipinski definition) is 5. The van der Waals surface area contributed by atoms with Crippen molar-refractivity contribution in [1.82, 2.24) is 11.0 Å². The molecule has 24 heavy (non-hydrogen) atoms.